The Morgan fingerprint density at radius 2 is 1.20 bits per heavy atom. The van der Waals surface area contributed by atoms with Crippen molar-refractivity contribution in [1.29, 1.82) is 0 Å². The van der Waals surface area contributed by atoms with E-state index in [4.69, 9.17) is 0 Å². The Morgan fingerprint density at radius 1 is 0.733 bits per heavy atom. The molecule has 0 saturated heterocycles. The minimum absolute atomic E-state index is 1.03. The summed E-state index contributed by atoms with van der Waals surface area (Å²) < 4.78 is 0. The third-order valence-corrected chi connectivity index (χ3v) is 3.07. The van der Waals surface area contributed by atoms with E-state index in [0.29, 0.717) is 0 Å². The highest BCUT2D eigenvalue weighted by atomic mass is 14.1. The molecule has 70 valence electrons. The van der Waals surface area contributed by atoms with Gasteiger partial charge >= 0.3 is 0 Å². The zero-order valence-corrected chi connectivity index (χ0v) is 8.53. The van der Waals surface area contributed by atoms with Crippen LogP contribution in [0.2, 0.25) is 0 Å². The Bertz CT molecular complexity index is 493. The smallest absolute Gasteiger partial charge is 0.0906 e. The lowest BCUT2D eigenvalue weighted by atomic mass is 9.56. The van der Waals surface area contributed by atoms with Crippen LogP contribution in [-0.2, 0) is 0 Å². The Labute approximate surface area is 90.5 Å². The molecule has 0 radical (unpaired) electrons. The summed E-state index contributed by atoms with van der Waals surface area (Å²) in [5, 5.41) is 0. The van der Waals surface area contributed by atoms with Gasteiger partial charge < -0.3 is 0 Å². The van der Waals surface area contributed by atoms with Crippen LogP contribution in [0.25, 0.3) is 5.57 Å². The molecule has 0 aromatic heterocycles. The second-order valence-corrected chi connectivity index (χ2v) is 3.97. The fourth-order valence-electron chi connectivity index (χ4n) is 2.29. The van der Waals surface area contributed by atoms with Gasteiger partial charge in [0.05, 0.1) is 0 Å². The molecule has 3 rings (SSSR count). The van der Waals surface area contributed by atoms with Gasteiger partial charge in [0.1, 0.15) is 0 Å². The molecule has 0 fully saturated rings. The van der Waals surface area contributed by atoms with Gasteiger partial charge in [0.15, 0.2) is 7.28 Å². The highest BCUT2D eigenvalue weighted by molar-refractivity contribution is 6.70. The first-order valence-corrected chi connectivity index (χ1v) is 5.22. The van der Waals surface area contributed by atoms with Gasteiger partial charge in [-0.2, -0.15) is 0 Å². The molecule has 1 aliphatic rings. The van der Waals surface area contributed by atoms with Crippen LogP contribution in [0, 0.1) is 0 Å². The normalized spacial score (nSPS) is 12.7. The van der Waals surface area contributed by atoms with Crippen LogP contribution in [-0.4, -0.2) is 7.28 Å². The first-order chi connectivity index (χ1) is 7.36. The van der Waals surface area contributed by atoms with E-state index in [1.807, 2.05) is 0 Å². The maximum atomic E-state index is 4.20. The van der Waals surface area contributed by atoms with Crippen molar-refractivity contribution in [3.63, 3.8) is 0 Å². The quantitative estimate of drug-likeness (QED) is 0.470. The Kier molecular flexibility index (Phi) is 1.78. The van der Waals surface area contributed by atoms with Gasteiger partial charge in [0, 0.05) is 0 Å². The molecule has 0 nitrogen and oxygen atoms in total. The lowest BCUT2D eigenvalue weighted by Crippen LogP contribution is -2.36. The third kappa shape index (κ3) is 1.24. The fraction of sp³-hybridized carbons (Fsp3) is 0. The summed E-state index contributed by atoms with van der Waals surface area (Å²) in [4.78, 5) is 0. The highest BCUT2D eigenvalue weighted by Crippen LogP contribution is 2.21. The summed E-state index contributed by atoms with van der Waals surface area (Å²) in [6, 6.07) is 17.1. The molecule has 0 bridgehead atoms. The molecule has 2 aromatic rings. The van der Waals surface area contributed by atoms with E-state index < -0.39 is 0 Å². The van der Waals surface area contributed by atoms with Gasteiger partial charge in [-0.05, 0) is 16.7 Å². The van der Waals surface area contributed by atoms with E-state index >= 15 is 0 Å². The van der Waals surface area contributed by atoms with Gasteiger partial charge in [-0.25, -0.2) is 0 Å². The number of rotatable bonds is 0. The summed E-state index contributed by atoms with van der Waals surface area (Å²) in [6.07, 6.45) is 0. The SMILES string of the molecule is C=C1c2ccccc2Bc2ccccc21. The average Bonchev–Trinajstić information content (AvgIpc) is 2.30. The summed E-state index contributed by atoms with van der Waals surface area (Å²) in [5.74, 6) is 0. The van der Waals surface area contributed by atoms with Gasteiger partial charge in [-0.1, -0.05) is 66.0 Å². The van der Waals surface area contributed by atoms with Crippen LogP contribution >= 0.6 is 0 Å². The largest absolute Gasteiger partial charge is 0.193 e. The molecular weight excluding hydrogens is 179 g/mol. The predicted molar refractivity (Wildman–Crippen MR) is 67.4 cm³/mol. The first-order valence-electron chi connectivity index (χ1n) is 5.22. The summed E-state index contributed by atoms with van der Waals surface area (Å²) in [7, 11) is 1.03. The monoisotopic (exact) mass is 190 g/mol. The molecule has 1 heteroatoms. The van der Waals surface area contributed by atoms with Crippen LogP contribution < -0.4 is 10.9 Å². The Balaban J connectivity index is 2.24. The number of hydrogen-bond donors (Lipinski definition) is 0. The number of benzene rings is 2. The van der Waals surface area contributed by atoms with E-state index in [2.05, 4.69) is 55.1 Å². The molecule has 0 saturated carbocycles. The van der Waals surface area contributed by atoms with E-state index in [-0.39, 0.29) is 0 Å². The molecule has 0 aliphatic carbocycles. The molecule has 0 amide bonds. The third-order valence-electron chi connectivity index (χ3n) is 3.07. The lowest BCUT2D eigenvalue weighted by molar-refractivity contribution is 1.59. The van der Waals surface area contributed by atoms with Crippen LogP contribution in [0.5, 0.6) is 0 Å². The molecule has 2 aromatic carbocycles. The average molecular weight is 190 g/mol. The van der Waals surface area contributed by atoms with Crippen molar-refractivity contribution in [3.8, 4) is 0 Å². The minimum Gasteiger partial charge on any atom is -0.0906 e. The van der Waals surface area contributed by atoms with Crippen LogP contribution in [0.15, 0.2) is 55.1 Å². The van der Waals surface area contributed by atoms with Crippen LogP contribution in [0.4, 0.5) is 0 Å². The summed E-state index contributed by atoms with van der Waals surface area (Å²) >= 11 is 0. The van der Waals surface area contributed by atoms with E-state index in [1.54, 1.807) is 0 Å². The van der Waals surface area contributed by atoms with Crippen LogP contribution in [0.3, 0.4) is 0 Å². The number of hydrogen-bond acceptors (Lipinski definition) is 0. The second-order valence-electron chi connectivity index (χ2n) is 3.97. The highest BCUT2D eigenvalue weighted by Gasteiger charge is 2.17. The Hall–Kier alpha value is -1.76. The van der Waals surface area contributed by atoms with Crippen molar-refractivity contribution in [3.05, 3.63) is 66.2 Å². The molecule has 0 N–H and O–H groups in total. The van der Waals surface area contributed by atoms with Gasteiger partial charge in [0.25, 0.3) is 0 Å². The molecule has 0 spiro atoms. The van der Waals surface area contributed by atoms with E-state index in [9.17, 15) is 0 Å². The summed E-state index contributed by atoms with van der Waals surface area (Å²) in [6.45, 7) is 4.20. The molecule has 0 unspecified atom stereocenters. The first kappa shape index (κ1) is 8.54. The van der Waals surface area contributed by atoms with Crippen molar-refractivity contribution in [2.75, 3.05) is 0 Å². The molecule has 1 aliphatic heterocycles. The van der Waals surface area contributed by atoms with Crippen molar-refractivity contribution in [2.24, 2.45) is 0 Å². The predicted octanol–water partition coefficient (Wildman–Crippen LogP) is 1.45. The molecular formula is C14H11B. The van der Waals surface area contributed by atoms with Crippen molar-refractivity contribution >= 4 is 23.8 Å². The molecule has 1 heterocycles. The zero-order valence-electron chi connectivity index (χ0n) is 8.53. The van der Waals surface area contributed by atoms with Crippen molar-refractivity contribution < 1.29 is 0 Å². The standard InChI is InChI=1S/C14H11B/c1-10-11-6-2-4-8-13(11)15-14-9-5-3-7-12(10)14/h2-9,15H,1H2. The van der Waals surface area contributed by atoms with Gasteiger partial charge in [-0.15, -0.1) is 0 Å². The fourth-order valence-corrected chi connectivity index (χ4v) is 2.29. The molecule has 0 atom stereocenters. The number of fused-ring (bicyclic) bond motifs is 2. The lowest BCUT2D eigenvalue weighted by Gasteiger charge is -2.20. The maximum Gasteiger partial charge on any atom is 0.193 e. The zero-order chi connectivity index (χ0) is 10.3. The van der Waals surface area contributed by atoms with Crippen LogP contribution in [0.1, 0.15) is 11.1 Å². The van der Waals surface area contributed by atoms with E-state index in [1.165, 1.54) is 22.1 Å². The topological polar surface area (TPSA) is 0 Å². The van der Waals surface area contributed by atoms with Gasteiger partial charge in [0.2, 0.25) is 0 Å². The van der Waals surface area contributed by atoms with Gasteiger partial charge in [-0.3, -0.25) is 0 Å². The minimum atomic E-state index is 1.03. The van der Waals surface area contributed by atoms with Crippen molar-refractivity contribution in [2.45, 2.75) is 0 Å². The van der Waals surface area contributed by atoms with Crippen molar-refractivity contribution in [1.82, 2.24) is 0 Å². The molecule has 15 heavy (non-hydrogen) atoms. The van der Waals surface area contributed by atoms with E-state index in [0.717, 1.165) is 12.9 Å². The second kappa shape index (κ2) is 3.13. The maximum absolute atomic E-state index is 4.20. The summed E-state index contributed by atoms with van der Waals surface area (Å²) in [5.41, 5.74) is 6.54. The Morgan fingerprint density at radius 3 is 1.73 bits per heavy atom.